The van der Waals surface area contributed by atoms with Gasteiger partial charge in [-0.2, -0.15) is 5.26 Å². The largest absolute Gasteiger partial charge is 0.346 e. The van der Waals surface area contributed by atoms with Gasteiger partial charge in [-0.15, -0.1) is 11.3 Å². The first kappa shape index (κ1) is 17.2. The van der Waals surface area contributed by atoms with Crippen LogP contribution in [0, 0.1) is 11.3 Å². The number of amides is 1. The summed E-state index contributed by atoms with van der Waals surface area (Å²) in [4.78, 5) is 21.5. The third-order valence-corrected chi connectivity index (χ3v) is 6.05. The third kappa shape index (κ3) is 3.70. The van der Waals surface area contributed by atoms with Crippen LogP contribution < -0.4 is 10.2 Å². The lowest BCUT2D eigenvalue weighted by Crippen LogP contribution is -2.58. The maximum atomic E-state index is 12.7. The lowest BCUT2D eigenvalue weighted by atomic mass is 9.82. The van der Waals surface area contributed by atoms with E-state index in [9.17, 15) is 10.1 Å². The van der Waals surface area contributed by atoms with E-state index >= 15 is 0 Å². The molecule has 24 heavy (non-hydrogen) atoms. The van der Waals surface area contributed by atoms with Crippen molar-refractivity contribution in [3.05, 3.63) is 11.6 Å². The molecule has 2 heterocycles. The molecule has 6 nitrogen and oxygen atoms in total. The highest BCUT2D eigenvalue weighted by atomic mass is 32.1. The Morgan fingerprint density at radius 3 is 2.62 bits per heavy atom. The number of hydrogen-bond acceptors (Lipinski definition) is 6. The minimum Gasteiger partial charge on any atom is -0.346 e. The van der Waals surface area contributed by atoms with E-state index in [1.807, 2.05) is 18.5 Å². The monoisotopic (exact) mass is 347 g/mol. The van der Waals surface area contributed by atoms with Crippen LogP contribution in [0.15, 0.2) is 11.6 Å². The predicted octanol–water partition coefficient (Wildman–Crippen LogP) is 2.00. The number of piperazine rings is 1. The van der Waals surface area contributed by atoms with Crippen LogP contribution in [0.4, 0.5) is 5.13 Å². The molecule has 1 atom stereocenters. The minimum absolute atomic E-state index is 0.0128. The highest BCUT2D eigenvalue weighted by molar-refractivity contribution is 7.13. The van der Waals surface area contributed by atoms with Crippen LogP contribution in [-0.2, 0) is 4.79 Å². The topological polar surface area (TPSA) is 72.3 Å². The van der Waals surface area contributed by atoms with Crippen LogP contribution in [0.1, 0.15) is 39.0 Å². The van der Waals surface area contributed by atoms with E-state index in [2.05, 4.69) is 26.2 Å². The van der Waals surface area contributed by atoms with Gasteiger partial charge in [-0.1, -0.05) is 19.3 Å². The van der Waals surface area contributed by atoms with E-state index in [1.54, 1.807) is 11.3 Å². The normalized spacial score (nSPS) is 22.6. The van der Waals surface area contributed by atoms with Gasteiger partial charge in [0.25, 0.3) is 0 Å². The van der Waals surface area contributed by atoms with Crippen LogP contribution in [0.5, 0.6) is 0 Å². The first-order valence-corrected chi connectivity index (χ1v) is 9.63. The van der Waals surface area contributed by atoms with Gasteiger partial charge in [-0.05, 0) is 19.8 Å². The number of nitrogens with one attached hydrogen (secondary N) is 1. The van der Waals surface area contributed by atoms with Crippen molar-refractivity contribution in [3.63, 3.8) is 0 Å². The molecule has 2 fully saturated rings. The Morgan fingerprint density at radius 1 is 1.33 bits per heavy atom. The Hall–Kier alpha value is -1.65. The van der Waals surface area contributed by atoms with E-state index in [-0.39, 0.29) is 11.9 Å². The molecule has 1 N–H and O–H groups in total. The summed E-state index contributed by atoms with van der Waals surface area (Å²) >= 11 is 1.65. The molecule has 0 unspecified atom stereocenters. The highest BCUT2D eigenvalue weighted by Crippen LogP contribution is 2.28. The number of hydrogen-bond donors (Lipinski definition) is 1. The molecule has 7 heteroatoms. The van der Waals surface area contributed by atoms with Crippen molar-refractivity contribution >= 4 is 22.4 Å². The maximum absolute atomic E-state index is 12.7. The molecule has 0 aromatic carbocycles. The second kappa shape index (κ2) is 7.49. The van der Waals surface area contributed by atoms with Gasteiger partial charge >= 0.3 is 0 Å². The summed E-state index contributed by atoms with van der Waals surface area (Å²) in [5.74, 6) is -0.0128. The summed E-state index contributed by atoms with van der Waals surface area (Å²) < 4.78 is 0. The van der Waals surface area contributed by atoms with Crippen LogP contribution in [0.2, 0.25) is 0 Å². The maximum Gasteiger partial charge on any atom is 0.238 e. The summed E-state index contributed by atoms with van der Waals surface area (Å²) in [5, 5.41) is 15.6. The highest BCUT2D eigenvalue weighted by Gasteiger charge is 2.36. The van der Waals surface area contributed by atoms with Crippen molar-refractivity contribution in [1.29, 1.82) is 5.26 Å². The molecule has 0 bridgehead atoms. The number of anilines is 1. The summed E-state index contributed by atoms with van der Waals surface area (Å²) in [6.45, 7) is 5.40. The molecule has 1 aliphatic heterocycles. The second-order valence-electron chi connectivity index (χ2n) is 6.76. The molecule has 1 aromatic heterocycles. The first-order chi connectivity index (χ1) is 11.6. The molecule has 0 radical (unpaired) electrons. The Morgan fingerprint density at radius 2 is 2.04 bits per heavy atom. The first-order valence-electron chi connectivity index (χ1n) is 8.75. The fraction of sp³-hybridized carbons (Fsp3) is 0.706. The molecule has 3 rings (SSSR count). The van der Waals surface area contributed by atoms with Gasteiger partial charge < -0.3 is 10.2 Å². The summed E-state index contributed by atoms with van der Waals surface area (Å²) in [7, 11) is 0. The van der Waals surface area contributed by atoms with Crippen molar-refractivity contribution < 1.29 is 4.79 Å². The standard InChI is InChI=1S/C17H25N5OS/c1-14(15(23)20-17(13-18)5-3-2-4-6-17)21-8-10-22(11-9-21)16-19-7-12-24-16/h7,12,14H,2-6,8-11H2,1H3,(H,20,23)/t14-/m0/s1. The smallest absolute Gasteiger partial charge is 0.238 e. The number of carbonyl (C=O) groups is 1. The SMILES string of the molecule is C[C@@H](C(=O)NC1(C#N)CCCCC1)N1CCN(c2nccs2)CC1. The number of aromatic nitrogens is 1. The Bertz CT molecular complexity index is 583. The summed E-state index contributed by atoms with van der Waals surface area (Å²) in [6.07, 6.45) is 6.59. The zero-order valence-corrected chi connectivity index (χ0v) is 15.0. The van der Waals surface area contributed by atoms with Crippen LogP contribution in [0.25, 0.3) is 0 Å². The lowest BCUT2D eigenvalue weighted by Gasteiger charge is -2.39. The number of thiazole rings is 1. The third-order valence-electron chi connectivity index (χ3n) is 5.21. The second-order valence-corrected chi connectivity index (χ2v) is 7.63. The van der Waals surface area contributed by atoms with Crippen molar-refractivity contribution in [2.45, 2.75) is 50.6 Å². The molecule has 1 aromatic rings. The molecule has 1 aliphatic carbocycles. The number of rotatable bonds is 4. The number of nitrogens with zero attached hydrogens (tertiary/aromatic N) is 4. The van der Waals surface area contributed by atoms with Gasteiger partial charge in [-0.25, -0.2) is 4.98 Å². The van der Waals surface area contributed by atoms with E-state index in [4.69, 9.17) is 0 Å². The average molecular weight is 347 g/mol. The quantitative estimate of drug-likeness (QED) is 0.902. The van der Waals surface area contributed by atoms with Crippen molar-refractivity contribution in [3.8, 4) is 6.07 Å². The Kier molecular flexibility index (Phi) is 5.36. The van der Waals surface area contributed by atoms with E-state index in [1.165, 1.54) is 0 Å². The molecule has 1 saturated heterocycles. The molecular weight excluding hydrogens is 322 g/mol. The molecule has 1 amide bonds. The predicted molar refractivity (Wildman–Crippen MR) is 94.9 cm³/mol. The van der Waals surface area contributed by atoms with E-state index in [0.29, 0.717) is 0 Å². The zero-order chi connectivity index (χ0) is 17.0. The van der Waals surface area contributed by atoms with Gasteiger partial charge in [-0.3, -0.25) is 9.69 Å². The summed E-state index contributed by atoms with van der Waals surface area (Å²) in [5.41, 5.74) is -0.647. The summed E-state index contributed by atoms with van der Waals surface area (Å²) in [6, 6.07) is 2.17. The fourth-order valence-electron chi connectivity index (χ4n) is 3.60. The van der Waals surface area contributed by atoms with Crippen LogP contribution in [0.3, 0.4) is 0 Å². The molecule has 2 aliphatic rings. The molecule has 1 saturated carbocycles. The van der Waals surface area contributed by atoms with Gasteiger partial charge in [0.05, 0.1) is 12.1 Å². The molecular formula is C17H25N5OS. The van der Waals surface area contributed by atoms with Crippen LogP contribution in [-0.4, -0.2) is 53.6 Å². The Labute approximate surface area is 147 Å². The van der Waals surface area contributed by atoms with Crippen molar-refractivity contribution in [1.82, 2.24) is 15.2 Å². The Balaban J connectivity index is 1.54. The van der Waals surface area contributed by atoms with Gasteiger partial charge in [0.1, 0.15) is 5.54 Å². The number of nitriles is 1. The van der Waals surface area contributed by atoms with Crippen LogP contribution >= 0.6 is 11.3 Å². The zero-order valence-electron chi connectivity index (χ0n) is 14.2. The number of carbonyl (C=O) groups excluding carboxylic acids is 1. The lowest BCUT2D eigenvalue weighted by molar-refractivity contribution is -0.127. The average Bonchev–Trinajstić information content (AvgIpc) is 3.16. The molecule has 0 spiro atoms. The molecule has 130 valence electrons. The van der Waals surface area contributed by atoms with Crippen molar-refractivity contribution in [2.24, 2.45) is 0 Å². The van der Waals surface area contributed by atoms with Gasteiger partial charge in [0, 0.05) is 37.8 Å². The van der Waals surface area contributed by atoms with E-state index in [0.717, 1.165) is 63.4 Å². The fourth-order valence-corrected chi connectivity index (χ4v) is 4.30. The minimum atomic E-state index is -0.647. The van der Waals surface area contributed by atoms with Crippen molar-refractivity contribution in [2.75, 3.05) is 31.1 Å². The van der Waals surface area contributed by atoms with Gasteiger partial charge in [0.2, 0.25) is 5.91 Å². The van der Waals surface area contributed by atoms with E-state index < -0.39 is 5.54 Å². The van der Waals surface area contributed by atoms with Gasteiger partial charge in [0.15, 0.2) is 5.13 Å².